The van der Waals surface area contributed by atoms with E-state index in [1.54, 1.807) is 0 Å². The summed E-state index contributed by atoms with van der Waals surface area (Å²) < 4.78 is 0. The van der Waals surface area contributed by atoms with Crippen LogP contribution in [0.2, 0.25) is 0 Å². The lowest BCUT2D eigenvalue weighted by Crippen LogP contribution is -2.53. The molecule has 1 heterocycles. The Bertz CT molecular complexity index is 519. The fourth-order valence-corrected chi connectivity index (χ4v) is 3.99. The molecule has 1 saturated carbocycles. The van der Waals surface area contributed by atoms with Crippen molar-refractivity contribution >= 4 is 5.78 Å². The summed E-state index contributed by atoms with van der Waals surface area (Å²) in [4.78, 5) is 15.1. The van der Waals surface area contributed by atoms with Crippen LogP contribution in [0.15, 0.2) is 42.0 Å². The minimum Gasteiger partial charge on any atom is -0.297 e. The van der Waals surface area contributed by atoms with E-state index >= 15 is 0 Å². The second kappa shape index (κ2) is 5.53. The topological polar surface area (TPSA) is 20.3 Å². The van der Waals surface area contributed by atoms with E-state index in [0.29, 0.717) is 5.78 Å². The molecule has 0 amide bonds. The van der Waals surface area contributed by atoms with Crippen LogP contribution in [-0.2, 0) is 11.3 Å². The fraction of sp³-hybridized carbons (Fsp3) is 0.500. The quantitative estimate of drug-likeness (QED) is 0.763. The molecular weight excluding hydrogens is 246 g/mol. The van der Waals surface area contributed by atoms with Crippen LogP contribution in [0.3, 0.4) is 0 Å². The Balaban J connectivity index is 1.92. The standard InChI is InChI=1S/C18H23NO/c1-2-16-10-6-11-17(20)18(16)12-7-13-19(18)14-15-8-4-3-5-9-15/h2-5,8-9H,6-7,10-14H2,1H3. The minimum absolute atomic E-state index is 0.275. The summed E-state index contributed by atoms with van der Waals surface area (Å²) in [7, 11) is 0. The van der Waals surface area contributed by atoms with Gasteiger partial charge in [0.25, 0.3) is 0 Å². The summed E-state index contributed by atoms with van der Waals surface area (Å²) in [6, 6.07) is 10.5. The summed E-state index contributed by atoms with van der Waals surface area (Å²) in [5.74, 6) is 0.449. The minimum atomic E-state index is -0.275. The predicted molar refractivity (Wildman–Crippen MR) is 81.4 cm³/mol. The van der Waals surface area contributed by atoms with E-state index in [1.807, 2.05) is 6.07 Å². The lowest BCUT2D eigenvalue weighted by molar-refractivity contribution is -0.129. The van der Waals surface area contributed by atoms with Gasteiger partial charge in [0.1, 0.15) is 5.54 Å². The van der Waals surface area contributed by atoms with Crippen LogP contribution < -0.4 is 0 Å². The highest BCUT2D eigenvalue weighted by Gasteiger charge is 2.50. The number of carbonyl (C=O) groups is 1. The van der Waals surface area contributed by atoms with Crippen LogP contribution in [0.4, 0.5) is 0 Å². The summed E-state index contributed by atoms with van der Waals surface area (Å²) in [6.45, 7) is 4.02. The molecule has 2 nitrogen and oxygen atoms in total. The molecule has 1 aromatic rings. The molecule has 2 aliphatic rings. The number of likely N-dealkylation sites (tertiary alicyclic amines) is 1. The molecular formula is C18H23NO. The van der Waals surface area contributed by atoms with E-state index in [9.17, 15) is 4.79 Å². The Morgan fingerprint density at radius 2 is 2.00 bits per heavy atom. The molecule has 0 radical (unpaired) electrons. The molecule has 1 saturated heterocycles. The van der Waals surface area contributed by atoms with Gasteiger partial charge in [-0.2, -0.15) is 0 Å². The van der Waals surface area contributed by atoms with Gasteiger partial charge in [0.2, 0.25) is 0 Å². The zero-order valence-electron chi connectivity index (χ0n) is 12.3. The molecule has 2 heteroatoms. The van der Waals surface area contributed by atoms with Crippen LogP contribution >= 0.6 is 0 Å². The van der Waals surface area contributed by atoms with Crippen molar-refractivity contribution in [3.63, 3.8) is 0 Å². The van der Waals surface area contributed by atoms with Crippen LogP contribution in [0.25, 0.3) is 0 Å². The number of carbonyl (C=O) groups excluding carboxylic acids is 1. The van der Waals surface area contributed by atoms with Crippen molar-refractivity contribution in [1.29, 1.82) is 0 Å². The van der Waals surface area contributed by atoms with Gasteiger partial charge >= 0.3 is 0 Å². The lowest BCUT2D eigenvalue weighted by Gasteiger charge is -2.42. The first-order valence-corrected chi connectivity index (χ1v) is 7.75. The van der Waals surface area contributed by atoms with Gasteiger partial charge < -0.3 is 0 Å². The highest BCUT2D eigenvalue weighted by Crippen LogP contribution is 2.43. The van der Waals surface area contributed by atoms with E-state index in [1.165, 1.54) is 11.1 Å². The number of allylic oxidation sites excluding steroid dienone is 1. The molecule has 1 spiro atoms. The Kier molecular flexibility index (Phi) is 3.75. The zero-order chi connectivity index (χ0) is 14.0. The van der Waals surface area contributed by atoms with Crippen LogP contribution in [0, 0.1) is 0 Å². The molecule has 2 fully saturated rings. The van der Waals surface area contributed by atoms with Gasteiger partial charge in [0.05, 0.1) is 0 Å². The summed E-state index contributed by atoms with van der Waals surface area (Å²) >= 11 is 0. The first-order valence-electron chi connectivity index (χ1n) is 7.75. The van der Waals surface area contributed by atoms with Crippen molar-refractivity contribution < 1.29 is 4.79 Å². The molecule has 1 unspecified atom stereocenters. The van der Waals surface area contributed by atoms with E-state index in [2.05, 4.69) is 42.2 Å². The smallest absolute Gasteiger partial charge is 0.157 e. The molecule has 20 heavy (non-hydrogen) atoms. The Morgan fingerprint density at radius 1 is 1.20 bits per heavy atom. The molecule has 1 aliphatic carbocycles. The highest BCUT2D eigenvalue weighted by atomic mass is 16.1. The van der Waals surface area contributed by atoms with Gasteiger partial charge in [-0.1, -0.05) is 36.4 Å². The molecule has 3 rings (SSSR count). The maximum atomic E-state index is 12.7. The van der Waals surface area contributed by atoms with E-state index in [4.69, 9.17) is 0 Å². The maximum Gasteiger partial charge on any atom is 0.157 e. The van der Waals surface area contributed by atoms with Crippen molar-refractivity contribution in [3.8, 4) is 0 Å². The molecule has 1 aliphatic heterocycles. The van der Waals surface area contributed by atoms with Crippen molar-refractivity contribution in [1.82, 2.24) is 4.90 Å². The third-order valence-electron chi connectivity index (χ3n) is 4.91. The Labute approximate surface area is 121 Å². The van der Waals surface area contributed by atoms with Gasteiger partial charge in [0, 0.05) is 13.0 Å². The highest BCUT2D eigenvalue weighted by molar-refractivity contribution is 5.93. The van der Waals surface area contributed by atoms with E-state index in [-0.39, 0.29) is 5.54 Å². The van der Waals surface area contributed by atoms with Crippen molar-refractivity contribution in [2.75, 3.05) is 6.54 Å². The Hall–Kier alpha value is -1.41. The van der Waals surface area contributed by atoms with Gasteiger partial charge in [-0.25, -0.2) is 0 Å². The number of ketones is 1. The van der Waals surface area contributed by atoms with Crippen molar-refractivity contribution in [2.45, 2.75) is 51.1 Å². The van der Waals surface area contributed by atoms with Gasteiger partial charge in [0.15, 0.2) is 5.78 Å². The van der Waals surface area contributed by atoms with Crippen LogP contribution in [-0.4, -0.2) is 22.8 Å². The largest absolute Gasteiger partial charge is 0.297 e. The third-order valence-corrected chi connectivity index (χ3v) is 4.91. The normalized spacial score (nSPS) is 29.4. The van der Waals surface area contributed by atoms with Gasteiger partial charge in [-0.05, 0) is 50.3 Å². The monoisotopic (exact) mass is 269 g/mol. The lowest BCUT2D eigenvalue weighted by atomic mass is 9.74. The third kappa shape index (κ3) is 2.12. The van der Waals surface area contributed by atoms with Gasteiger partial charge in [-0.3, -0.25) is 9.69 Å². The Morgan fingerprint density at radius 3 is 2.75 bits per heavy atom. The second-order valence-corrected chi connectivity index (χ2v) is 5.96. The van der Waals surface area contributed by atoms with Crippen molar-refractivity contribution in [3.05, 3.63) is 47.5 Å². The number of nitrogens with zero attached hydrogens (tertiary/aromatic N) is 1. The van der Waals surface area contributed by atoms with Crippen molar-refractivity contribution in [2.24, 2.45) is 0 Å². The molecule has 0 bridgehead atoms. The molecule has 1 atom stereocenters. The molecule has 0 aromatic heterocycles. The van der Waals surface area contributed by atoms with Crippen LogP contribution in [0.5, 0.6) is 0 Å². The first-order chi connectivity index (χ1) is 9.77. The fourth-order valence-electron chi connectivity index (χ4n) is 3.99. The number of benzene rings is 1. The average molecular weight is 269 g/mol. The van der Waals surface area contributed by atoms with E-state index in [0.717, 1.165) is 45.2 Å². The summed E-state index contributed by atoms with van der Waals surface area (Å²) in [5, 5.41) is 0. The summed E-state index contributed by atoms with van der Waals surface area (Å²) in [6.07, 6.45) is 7.21. The second-order valence-electron chi connectivity index (χ2n) is 5.96. The summed E-state index contributed by atoms with van der Waals surface area (Å²) in [5.41, 5.74) is 2.40. The molecule has 0 N–H and O–H groups in total. The average Bonchev–Trinajstić information content (AvgIpc) is 2.88. The number of hydrogen-bond donors (Lipinski definition) is 0. The SMILES string of the molecule is CC=C1CCCC(=O)C12CCCN2Cc1ccccc1. The molecule has 1 aromatic carbocycles. The number of rotatable bonds is 2. The maximum absolute atomic E-state index is 12.7. The van der Waals surface area contributed by atoms with Gasteiger partial charge in [-0.15, -0.1) is 0 Å². The first kappa shape index (κ1) is 13.6. The number of hydrogen-bond acceptors (Lipinski definition) is 2. The molecule has 106 valence electrons. The van der Waals surface area contributed by atoms with E-state index < -0.39 is 0 Å². The number of Topliss-reactive ketones (excluding diaryl/α,β-unsaturated/α-hetero) is 1. The predicted octanol–water partition coefficient (Wildman–Crippen LogP) is 3.72. The van der Waals surface area contributed by atoms with Crippen LogP contribution in [0.1, 0.15) is 44.6 Å². The zero-order valence-corrected chi connectivity index (χ0v) is 12.3.